The van der Waals surface area contributed by atoms with Crippen LogP contribution in [0, 0.1) is 17.5 Å². The van der Waals surface area contributed by atoms with Gasteiger partial charge in [-0.3, -0.25) is 14.7 Å². The summed E-state index contributed by atoms with van der Waals surface area (Å²) < 4.78 is 43.2. The van der Waals surface area contributed by atoms with E-state index < -0.39 is 29.4 Å². The molecule has 0 unspecified atom stereocenters. The lowest BCUT2D eigenvalue weighted by Crippen LogP contribution is -2.43. The van der Waals surface area contributed by atoms with Gasteiger partial charge in [0.15, 0.2) is 17.5 Å². The molecule has 0 bridgehead atoms. The van der Waals surface area contributed by atoms with Crippen LogP contribution in [0.4, 0.5) is 13.2 Å². The number of fused-ring (bicyclic) bond motifs is 2. The summed E-state index contributed by atoms with van der Waals surface area (Å²) in [4.78, 5) is 26.7. The Balaban J connectivity index is 1.29. The molecule has 0 radical (unpaired) electrons. The molecule has 4 aromatic rings. The number of benzene rings is 1. The number of aromatic amines is 1. The first kappa shape index (κ1) is 21.8. The lowest BCUT2D eigenvalue weighted by atomic mass is 10.0. The average molecular weight is 477 g/mol. The highest BCUT2D eigenvalue weighted by Gasteiger charge is 2.40. The summed E-state index contributed by atoms with van der Waals surface area (Å²) in [5.74, 6) is -2.69. The number of hydrogen-bond donors (Lipinski definition) is 2. The number of halogens is 3. The fraction of sp³-hybridized carbons (Fsp3) is 0.269. The quantitative estimate of drug-likeness (QED) is 0.453. The van der Waals surface area contributed by atoms with Crippen LogP contribution in [0.5, 0.6) is 0 Å². The maximum Gasteiger partial charge on any atom is 0.253 e. The first-order valence-corrected chi connectivity index (χ1v) is 11.6. The summed E-state index contributed by atoms with van der Waals surface area (Å²) in [7, 11) is 0. The van der Waals surface area contributed by atoms with Crippen LogP contribution in [0.2, 0.25) is 0 Å². The van der Waals surface area contributed by atoms with Crippen molar-refractivity contribution >= 4 is 16.9 Å². The molecule has 0 saturated carbocycles. The normalized spacial score (nSPS) is 19.9. The third kappa shape index (κ3) is 3.67. The Hall–Kier alpha value is -3.72. The summed E-state index contributed by atoms with van der Waals surface area (Å²) in [6.45, 7) is 1.73. The van der Waals surface area contributed by atoms with Gasteiger partial charge in [-0.25, -0.2) is 18.2 Å². The Morgan fingerprint density at radius 3 is 2.63 bits per heavy atom. The van der Waals surface area contributed by atoms with E-state index in [0.29, 0.717) is 28.7 Å². The first-order chi connectivity index (χ1) is 17.0. The Labute approximate surface area is 199 Å². The molecule has 178 valence electrons. The molecule has 1 aliphatic heterocycles. The van der Waals surface area contributed by atoms with E-state index in [1.54, 1.807) is 30.5 Å². The molecule has 4 heterocycles. The zero-order valence-corrected chi connectivity index (χ0v) is 18.7. The minimum absolute atomic E-state index is 0.137. The number of nitrogens with one attached hydrogen (secondary N) is 2. The number of carbonyl (C=O) groups is 1. The molecule has 1 saturated heterocycles. The first-order valence-electron chi connectivity index (χ1n) is 11.6. The van der Waals surface area contributed by atoms with E-state index in [-0.39, 0.29) is 17.2 Å². The van der Waals surface area contributed by atoms with Crippen molar-refractivity contribution in [2.24, 2.45) is 0 Å². The SMILES string of the molecule is O=C(N[C@@H]1c2c(ccc(F)c2F)C[C@H]1N1CCCC1)c1ccc(-c2ccnc3[nH]cc(F)c23)nc1. The van der Waals surface area contributed by atoms with Crippen LogP contribution in [0.15, 0.2) is 48.9 Å². The van der Waals surface area contributed by atoms with Gasteiger partial charge in [0.25, 0.3) is 5.91 Å². The fourth-order valence-corrected chi connectivity index (χ4v) is 5.38. The molecule has 1 fully saturated rings. The second-order valence-electron chi connectivity index (χ2n) is 9.05. The molecular weight excluding hydrogens is 455 g/mol. The van der Waals surface area contributed by atoms with Crippen molar-refractivity contribution in [3.8, 4) is 11.3 Å². The maximum absolute atomic E-state index is 14.8. The molecule has 2 N–H and O–H groups in total. The lowest BCUT2D eigenvalue weighted by molar-refractivity contribution is 0.0905. The third-order valence-electron chi connectivity index (χ3n) is 7.07. The average Bonchev–Trinajstić information content (AvgIpc) is 3.61. The van der Waals surface area contributed by atoms with Crippen molar-refractivity contribution in [1.82, 2.24) is 25.2 Å². The number of hydrogen-bond acceptors (Lipinski definition) is 4. The number of amides is 1. The van der Waals surface area contributed by atoms with Crippen molar-refractivity contribution in [2.45, 2.75) is 31.3 Å². The van der Waals surface area contributed by atoms with E-state index in [1.807, 2.05) is 0 Å². The number of likely N-dealkylation sites (tertiary alicyclic amines) is 1. The molecule has 2 aliphatic rings. The van der Waals surface area contributed by atoms with Gasteiger partial charge in [0.05, 0.1) is 22.7 Å². The van der Waals surface area contributed by atoms with Crippen molar-refractivity contribution in [1.29, 1.82) is 0 Å². The predicted octanol–water partition coefficient (Wildman–Crippen LogP) is 4.53. The zero-order valence-electron chi connectivity index (χ0n) is 18.7. The summed E-state index contributed by atoms with van der Waals surface area (Å²) in [6.07, 6.45) is 6.83. The Morgan fingerprint density at radius 1 is 1.03 bits per heavy atom. The highest BCUT2D eigenvalue weighted by molar-refractivity contribution is 5.96. The van der Waals surface area contributed by atoms with Crippen molar-refractivity contribution in [2.75, 3.05) is 13.1 Å². The van der Waals surface area contributed by atoms with E-state index in [2.05, 4.69) is 25.2 Å². The molecule has 3 aromatic heterocycles. The Kier molecular flexibility index (Phi) is 5.29. The largest absolute Gasteiger partial charge is 0.343 e. The Morgan fingerprint density at radius 2 is 1.86 bits per heavy atom. The maximum atomic E-state index is 14.8. The van der Waals surface area contributed by atoms with Crippen LogP contribution in [-0.4, -0.2) is 44.9 Å². The monoisotopic (exact) mass is 477 g/mol. The van der Waals surface area contributed by atoms with Crippen LogP contribution in [0.3, 0.4) is 0 Å². The number of rotatable bonds is 4. The number of pyridine rings is 2. The molecule has 2 atom stereocenters. The number of nitrogens with zero attached hydrogens (tertiary/aromatic N) is 3. The van der Waals surface area contributed by atoms with Crippen molar-refractivity contribution in [3.63, 3.8) is 0 Å². The van der Waals surface area contributed by atoms with Gasteiger partial charge in [0.2, 0.25) is 0 Å². The number of H-pyrrole nitrogens is 1. The molecule has 6 nitrogen and oxygen atoms in total. The molecule has 0 spiro atoms. The summed E-state index contributed by atoms with van der Waals surface area (Å²) in [6, 6.07) is 6.84. The summed E-state index contributed by atoms with van der Waals surface area (Å²) in [5.41, 5.74) is 2.67. The van der Waals surface area contributed by atoms with Gasteiger partial charge in [0.1, 0.15) is 5.65 Å². The van der Waals surface area contributed by atoms with Gasteiger partial charge in [-0.05, 0) is 62.2 Å². The van der Waals surface area contributed by atoms with E-state index in [9.17, 15) is 18.0 Å². The Bertz CT molecular complexity index is 1430. The van der Waals surface area contributed by atoms with Crippen LogP contribution in [0.1, 0.15) is 40.4 Å². The highest BCUT2D eigenvalue weighted by Crippen LogP contribution is 2.38. The van der Waals surface area contributed by atoms with Crippen LogP contribution in [-0.2, 0) is 6.42 Å². The highest BCUT2D eigenvalue weighted by atomic mass is 19.2. The van der Waals surface area contributed by atoms with Crippen molar-refractivity contribution < 1.29 is 18.0 Å². The zero-order chi connectivity index (χ0) is 24.1. The van der Waals surface area contributed by atoms with Crippen LogP contribution in [0.25, 0.3) is 22.3 Å². The molecule has 35 heavy (non-hydrogen) atoms. The van der Waals surface area contributed by atoms with Gasteiger partial charge in [-0.2, -0.15) is 0 Å². The van der Waals surface area contributed by atoms with E-state index in [1.165, 1.54) is 12.4 Å². The van der Waals surface area contributed by atoms with Crippen LogP contribution < -0.4 is 5.32 Å². The van der Waals surface area contributed by atoms with Gasteiger partial charge >= 0.3 is 0 Å². The minimum atomic E-state index is -0.920. The van der Waals surface area contributed by atoms with E-state index >= 15 is 0 Å². The molecule has 6 rings (SSSR count). The van der Waals surface area contributed by atoms with Crippen molar-refractivity contribution in [3.05, 3.63) is 83.1 Å². The lowest BCUT2D eigenvalue weighted by Gasteiger charge is -2.30. The van der Waals surface area contributed by atoms with Gasteiger partial charge in [0, 0.05) is 35.8 Å². The molecule has 1 aromatic carbocycles. The number of carbonyl (C=O) groups excluding carboxylic acids is 1. The predicted molar refractivity (Wildman–Crippen MR) is 124 cm³/mol. The smallest absolute Gasteiger partial charge is 0.253 e. The molecule has 1 amide bonds. The number of aromatic nitrogens is 3. The van der Waals surface area contributed by atoms with Crippen LogP contribution >= 0.6 is 0 Å². The fourth-order valence-electron chi connectivity index (χ4n) is 5.38. The summed E-state index contributed by atoms with van der Waals surface area (Å²) >= 11 is 0. The molecule has 9 heteroatoms. The van der Waals surface area contributed by atoms with Gasteiger partial charge in [-0.1, -0.05) is 6.07 Å². The van der Waals surface area contributed by atoms with E-state index in [4.69, 9.17) is 0 Å². The second kappa shape index (κ2) is 8.49. The van der Waals surface area contributed by atoms with Gasteiger partial charge < -0.3 is 10.3 Å². The summed E-state index contributed by atoms with van der Waals surface area (Å²) in [5, 5.41) is 3.26. The second-order valence-corrected chi connectivity index (χ2v) is 9.05. The standard InChI is InChI=1S/C26H22F3N5O/c27-17-5-3-14-11-20(34-9-1-2-10-34)24(21(14)23(17)29)33-26(35)15-4-6-19(31-12-15)16-7-8-30-25-22(16)18(28)13-32-25/h3-8,12-13,20,24H,1-2,9-11H2,(H,30,32)(H,33,35)/t20-,24+/m1/s1. The molecular formula is C26H22F3N5O. The minimum Gasteiger partial charge on any atom is -0.343 e. The molecule has 1 aliphatic carbocycles. The third-order valence-corrected chi connectivity index (χ3v) is 7.07. The van der Waals surface area contributed by atoms with E-state index in [0.717, 1.165) is 37.6 Å². The van der Waals surface area contributed by atoms with Gasteiger partial charge in [-0.15, -0.1) is 0 Å². The topological polar surface area (TPSA) is 73.9 Å².